The predicted molar refractivity (Wildman–Crippen MR) is 68.5 cm³/mol. The standard InChI is InChI=1S/C12H7BrClN/c13-7-1-3-9-10-6-8(14)2-4-11(10)15-12(9)5-7/h1-6,15H. The summed E-state index contributed by atoms with van der Waals surface area (Å²) in [5, 5.41) is 3.15. The van der Waals surface area contributed by atoms with E-state index in [1.54, 1.807) is 0 Å². The van der Waals surface area contributed by atoms with Crippen molar-refractivity contribution >= 4 is 49.3 Å². The maximum absolute atomic E-state index is 5.98. The first-order chi connectivity index (χ1) is 7.24. The molecule has 0 atom stereocenters. The molecule has 0 aliphatic carbocycles. The quantitative estimate of drug-likeness (QED) is 0.612. The number of nitrogens with one attached hydrogen (secondary N) is 1. The Hall–Kier alpha value is -0.990. The van der Waals surface area contributed by atoms with Gasteiger partial charge in [0.2, 0.25) is 0 Å². The summed E-state index contributed by atoms with van der Waals surface area (Å²) in [6.45, 7) is 0. The third-order valence-electron chi connectivity index (χ3n) is 2.52. The normalized spacial score (nSPS) is 11.3. The van der Waals surface area contributed by atoms with E-state index in [4.69, 9.17) is 11.6 Å². The molecule has 0 spiro atoms. The Morgan fingerprint density at radius 3 is 2.67 bits per heavy atom. The first-order valence-corrected chi connectivity index (χ1v) is 5.77. The minimum absolute atomic E-state index is 0.770. The molecule has 0 radical (unpaired) electrons. The summed E-state index contributed by atoms with van der Waals surface area (Å²) in [4.78, 5) is 3.36. The van der Waals surface area contributed by atoms with Gasteiger partial charge in [-0.15, -0.1) is 0 Å². The summed E-state index contributed by atoms with van der Waals surface area (Å²) in [5.74, 6) is 0. The molecular formula is C12H7BrClN. The molecule has 2 aromatic carbocycles. The van der Waals surface area contributed by atoms with E-state index in [9.17, 15) is 0 Å². The third kappa shape index (κ3) is 1.45. The molecule has 1 heterocycles. The van der Waals surface area contributed by atoms with E-state index in [1.807, 2.05) is 24.3 Å². The molecule has 15 heavy (non-hydrogen) atoms. The van der Waals surface area contributed by atoms with Crippen molar-refractivity contribution in [3.63, 3.8) is 0 Å². The number of benzene rings is 2. The van der Waals surface area contributed by atoms with Crippen LogP contribution in [-0.2, 0) is 0 Å². The van der Waals surface area contributed by atoms with Crippen molar-refractivity contribution < 1.29 is 0 Å². The second kappa shape index (κ2) is 3.26. The topological polar surface area (TPSA) is 15.8 Å². The number of hydrogen-bond acceptors (Lipinski definition) is 0. The maximum Gasteiger partial charge on any atom is 0.0476 e. The lowest BCUT2D eigenvalue weighted by Crippen LogP contribution is -1.67. The highest BCUT2D eigenvalue weighted by Crippen LogP contribution is 2.29. The summed E-state index contributed by atoms with van der Waals surface area (Å²) in [6.07, 6.45) is 0. The highest BCUT2D eigenvalue weighted by atomic mass is 79.9. The molecule has 1 aromatic heterocycles. The number of fused-ring (bicyclic) bond motifs is 3. The molecule has 3 rings (SSSR count). The first-order valence-electron chi connectivity index (χ1n) is 4.60. The molecule has 1 N–H and O–H groups in total. The van der Waals surface area contributed by atoms with Crippen molar-refractivity contribution in [1.29, 1.82) is 0 Å². The summed E-state index contributed by atoms with van der Waals surface area (Å²) in [5.41, 5.74) is 2.24. The molecule has 0 unspecified atom stereocenters. The maximum atomic E-state index is 5.98. The van der Waals surface area contributed by atoms with E-state index in [-0.39, 0.29) is 0 Å². The van der Waals surface area contributed by atoms with E-state index in [0.29, 0.717) is 0 Å². The number of aromatic nitrogens is 1. The van der Waals surface area contributed by atoms with Crippen LogP contribution in [0.25, 0.3) is 21.8 Å². The predicted octanol–water partition coefficient (Wildman–Crippen LogP) is 4.74. The summed E-state index contributed by atoms with van der Waals surface area (Å²) >= 11 is 9.44. The molecule has 0 saturated carbocycles. The lowest BCUT2D eigenvalue weighted by molar-refractivity contribution is 1.54. The van der Waals surface area contributed by atoms with Crippen LogP contribution in [0, 0.1) is 0 Å². The van der Waals surface area contributed by atoms with Crippen LogP contribution in [0.15, 0.2) is 40.9 Å². The van der Waals surface area contributed by atoms with Gasteiger partial charge in [-0.1, -0.05) is 33.6 Å². The molecule has 74 valence electrons. The van der Waals surface area contributed by atoms with Crippen LogP contribution in [0.2, 0.25) is 5.02 Å². The fraction of sp³-hybridized carbons (Fsp3) is 0. The summed E-state index contributed by atoms with van der Waals surface area (Å²) in [7, 11) is 0. The van der Waals surface area contributed by atoms with Gasteiger partial charge in [-0.05, 0) is 30.3 Å². The highest BCUT2D eigenvalue weighted by Gasteiger charge is 2.04. The van der Waals surface area contributed by atoms with E-state index in [0.717, 1.165) is 20.5 Å². The molecule has 0 amide bonds. The molecule has 0 aliphatic rings. The smallest absolute Gasteiger partial charge is 0.0476 e. The monoisotopic (exact) mass is 279 g/mol. The zero-order valence-electron chi connectivity index (χ0n) is 7.72. The lowest BCUT2D eigenvalue weighted by atomic mass is 10.1. The zero-order chi connectivity index (χ0) is 10.4. The van der Waals surface area contributed by atoms with Crippen LogP contribution >= 0.6 is 27.5 Å². The van der Waals surface area contributed by atoms with Crippen LogP contribution in [0.4, 0.5) is 0 Å². The number of hydrogen-bond donors (Lipinski definition) is 1. The fourth-order valence-electron chi connectivity index (χ4n) is 1.85. The van der Waals surface area contributed by atoms with Crippen LogP contribution in [0.3, 0.4) is 0 Å². The molecule has 0 bridgehead atoms. The average molecular weight is 281 g/mol. The largest absolute Gasteiger partial charge is 0.354 e. The molecule has 0 fully saturated rings. The van der Waals surface area contributed by atoms with Crippen LogP contribution in [-0.4, -0.2) is 4.98 Å². The van der Waals surface area contributed by atoms with Crippen molar-refractivity contribution in [3.8, 4) is 0 Å². The van der Waals surface area contributed by atoms with Crippen molar-refractivity contribution in [1.82, 2.24) is 4.98 Å². The number of rotatable bonds is 0. The average Bonchev–Trinajstić information content (AvgIpc) is 2.54. The van der Waals surface area contributed by atoms with Gasteiger partial charge in [0, 0.05) is 31.3 Å². The fourth-order valence-corrected chi connectivity index (χ4v) is 2.38. The minimum atomic E-state index is 0.770. The lowest BCUT2D eigenvalue weighted by Gasteiger charge is -1.92. The molecule has 3 aromatic rings. The van der Waals surface area contributed by atoms with Gasteiger partial charge in [-0.2, -0.15) is 0 Å². The van der Waals surface area contributed by atoms with E-state index < -0.39 is 0 Å². The second-order valence-corrected chi connectivity index (χ2v) is 4.86. The van der Waals surface area contributed by atoms with Gasteiger partial charge < -0.3 is 4.98 Å². The summed E-state index contributed by atoms with van der Waals surface area (Å²) in [6, 6.07) is 12.1. The van der Waals surface area contributed by atoms with E-state index in [1.165, 1.54) is 10.8 Å². The van der Waals surface area contributed by atoms with Gasteiger partial charge in [0.15, 0.2) is 0 Å². The van der Waals surface area contributed by atoms with Gasteiger partial charge in [0.25, 0.3) is 0 Å². The van der Waals surface area contributed by atoms with Gasteiger partial charge in [-0.25, -0.2) is 0 Å². The van der Waals surface area contributed by atoms with Crippen molar-refractivity contribution in [2.45, 2.75) is 0 Å². The Balaban J connectivity index is 2.53. The van der Waals surface area contributed by atoms with Crippen LogP contribution < -0.4 is 0 Å². The number of H-pyrrole nitrogens is 1. The Bertz CT molecular complexity index is 657. The van der Waals surface area contributed by atoms with Gasteiger partial charge in [0.05, 0.1) is 0 Å². The molecular weight excluding hydrogens is 273 g/mol. The summed E-state index contributed by atoms with van der Waals surface area (Å²) < 4.78 is 1.08. The van der Waals surface area contributed by atoms with E-state index >= 15 is 0 Å². The zero-order valence-corrected chi connectivity index (χ0v) is 10.1. The van der Waals surface area contributed by atoms with Crippen molar-refractivity contribution in [3.05, 3.63) is 45.9 Å². The van der Waals surface area contributed by atoms with Crippen molar-refractivity contribution in [2.24, 2.45) is 0 Å². The van der Waals surface area contributed by atoms with Gasteiger partial charge in [-0.3, -0.25) is 0 Å². The molecule has 1 nitrogen and oxygen atoms in total. The van der Waals surface area contributed by atoms with Gasteiger partial charge >= 0.3 is 0 Å². The third-order valence-corrected chi connectivity index (χ3v) is 3.25. The Kier molecular flexibility index (Phi) is 2.01. The van der Waals surface area contributed by atoms with E-state index in [2.05, 4.69) is 33.0 Å². The number of aromatic amines is 1. The second-order valence-electron chi connectivity index (χ2n) is 3.50. The van der Waals surface area contributed by atoms with Crippen LogP contribution in [0.1, 0.15) is 0 Å². The van der Waals surface area contributed by atoms with Crippen molar-refractivity contribution in [2.75, 3.05) is 0 Å². The Morgan fingerprint density at radius 2 is 1.80 bits per heavy atom. The van der Waals surface area contributed by atoms with Crippen LogP contribution in [0.5, 0.6) is 0 Å². The first kappa shape index (κ1) is 9.25. The Labute approximate surface area is 100 Å². The molecule has 3 heteroatoms. The highest BCUT2D eigenvalue weighted by molar-refractivity contribution is 9.10. The minimum Gasteiger partial charge on any atom is -0.354 e. The molecule has 0 saturated heterocycles. The molecule has 0 aliphatic heterocycles. The SMILES string of the molecule is Clc1ccc2[nH]c3cc(Br)ccc3c2c1. The number of halogens is 2. The van der Waals surface area contributed by atoms with Gasteiger partial charge in [0.1, 0.15) is 0 Å². The Morgan fingerprint density at radius 1 is 0.933 bits per heavy atom.